The molecule has 1 aliphatic rings. The van der Waals surface area contributed by atoms with E-state index < -0.39 is 11.9 Å². The van der Waals surface area contributed by atoms with Crippen LogP contribution in [0.25, 0.3) is 6.08 Å². The summed E-state index contributed by atoms with van der Waals surface area (Å²) in [7, 11) is 1.55. The highest BCUT2D eigenvalue weighted by Gasteiger charge is 2.34. The second kappa shape index (κ2) is 8.35. The Morgan fingerprint density at radius 2 is 1.96 bits per heavy atom. The zero-order valence-electron chi connectivity index (χ0n) is 15.9. The molecule has 0 spiro atoms. The van der Waals surface area contributed by atoms with Crippen LogP contribution in [0.1, 0.15) is 25.8 Å². The second-order valence-corrected chi connectivity index (χ2v) is 6.79. The molecule has 1 aliphatic heterocycles. The van der Waals surface area contributed by atoms with Crippen molar-refractivity contribution in [2.75, 3.05) is 12.0 Å². The Kier molecular flexibility index (Phi) is 5.90. The average molecular weight is 401 g/mol. The van der Waals surface area contributed by atoms with Crippen molar-refractivity contribution in [3.8, 4) is 11.5 Å². The van der Waals surface area contributed by atoms with Gasteiger partial charge in [-0.1, -0.05) is 30.7 Å². The summed E-state index contributed by atoms with van der Waals surface area (Å²) >= 11 is 5.97. The third-order valence-electron chi connectivity index (χ3n) is 4.35. The van der Waals surface area contributed by atoms with Crippen LogP contribution in [0.5, 0.6) is 11.5 Å². The van der Waals surface area contributed by atoms with Gasteiger partial charge in [-0.15, -0.1) is 0 Å². The number of carbonyl (C=O) groups is 2. The van der Waals surface area contributed by atoms with Gasteiger partial charge >= 0.3 is 6.03 Å². The number of ether oxygens (including phenoxy) is 2. The molecule has 1 atom stereocenters. The maximum absolute atomic E-state index is 12.7. The molecule has 7 heteroatoms. The third kappa shape index (κ3) is 4.12. The van der Waals surface area contributed by atoms with Crippen molar-refractivity contribution in [2.45, 2.75) is 26.4 Å². The lowest BCUT2D eigenvalue weighted by Gasteiger charge is -2.15. The van der Waals surface area contributed by atoms with Crippen molar-refractivity contribution in [1.29, 1.82) is 0 Å². The summed E-state index contributed by atoms with van der Waals surface area (Å²) < 4.78 is 11.2. The van der Waals surface area contributed by atoms with E-state index >= 15 is 0 Å². The summed E-state index contributed by atoms with van der Waals surface area (Å²) in [6, 6.07) is 11.4. The molecule has 3 rings (SSSR count). The Labute approximate surface area is 168 Å². The van der Waals surface area contributed by atoms with E-state index in [2.05, 4.69) is 5.32 Å². The molecule has 3 amide bonds. The zero-order chi connectivity index (χ0) is 20.3. The van der Waals surface area contributed by atoms with Crippen LogP contribution >= 0.6 is 11.6 Å². The molecule has 1 fully saturated rings. The first-order valence-corrected chi connectivity index (χ1v) is 9.28. The lowest BCUT2D eigenvalue weighted by Crippen LogP contribution is -2.30. The third-order valence-corrected chi connectivity index (χ3v) is 4.58. The molecule has 6 nitrogen and oxygen atoms in total. The average Bonchev–Trinajstić information content (AvgIpc) is 2.95. The highest BCUT2D eigenvalue weighted by atomic mass is 35.5. The first-order chi connectivity index (χ1) is 13.4. The lowest BCUT2D eigenvalue weighted by molar-refractivity contribution is -0.113. The number of hydrogen-bond acceptors (Lipinski definition) is 4. The number of imide groups is 1. The van der Waals surface area contributed by atoms with Gasteiger partial charge in [0.25, 0.3) is 5.91 Å². The molecule has 1 heterocycles. The van der Waals surface area contributed by atoms with Gasteiger partial charge in [0.15, 0.2) is 11.5 Å². The van der Waals surface area contributed by atoms with Crippen molar-refractivity contribution >= 4 is 35.3 Å². The fourth-order valence-corrected chi connectivity index (χ4v) is 2.91. The summed E-state index contributed by atoms with van der Waals surface area (Å²) in [5.74, 6) is 0.727. The number of methoxy groups -OCH3 is 1. The molecule has 1 saturated heterocycles. The van der Waals surface area contributed by atoms with Gasteiger partial charge in [0.05, 0.1) is 18.9 Å². The van der Waals surface area contributed by atoms with E-state index in [4.69, 9.17) is 21.1 Å². The number of hydrogen-bond donors (Lipinski definition) is 1. The zero-order valence-corrected chi connectivity index (χ0v) is 16.6. The van der Waals surface area contributed by atoms with E-state index in [0.29, 0.717) is 27.8 Å². The first-order valence-electron chi connectivity index (χ1n) is 8.90. The van der Waals surface area contributed by atoms with Crippen molar-refractivity contribution < 1.29 is 19.1 Å². The number of benzene rings is 2. The van der Waals surface area contributed by atoms with Gasteiger partial charge in [-0.05, 0) is 55.3 Å². The van der Waals surface area contributed by atoms with Gasteiger partial charge in [-0.25, -0.2) is 9.69 Å². The Bertz CT molecular complexity index is 942. The van der Waals surface area contributed by atoms with Crippen LogP contribution in [0.4, 0.5) is 10.5 Å². The summed E-state index contributed by atoms with van der Waals surface area (Å²) in [6.45, 7) is 4.02. The smallest absolute Gasteiger partial charge is 0.333 e. The highest BCUT2D eigenvalue weighted by Crippen LogP contribution is 2.31. The molecule has 0 aromatic heterocycles. The number of rotatable bonds is 6. The Morgan fingerprint density at radius 1 is 1.18 bits per heavy atom. The molecule has 0 saturated carbocycles. The van der Waals surface area contributed by atoms with Crippen LogP contribution in [0.2, 0.25) is 5.02 Å². The lowest BCUT2D eigenvalue weighted by atomic mass is 10.1. The fraction of sp³-hybridized carbons (Fsp3) is 0.238. The normalized spacial score (nSPS) is 16.3. The number of amides is 3. The highest BCUT2D eigenvalue weighted by molar-refractivity contribution is 6.32. The fourth-order valence-electron chi connectivity index (χ4n) is 2.72. The first kappa shape index (κ1) is 19.8. The van der Waals surface area contributed by atoms with Gasteiger partial charge < -0.3 is 14.8 Å². The summed E-state index contributed by atoms with van der Waals surface area (Å²) in [5, 5.41) is 3.04. The number of carbonyl (C=O) groups excluding carboxylic acids is 2. The van der Waals surface area contributed by atoms with Gasteiger partial charge in [0.2, 0.25) is 0 Å². The number of nitrogens with one attached hydrogen (secondary N) is 1. The molecular formula is C21H21ClN2O4. The molecule has 0 aliphatic carbocycles. The summed E-state index contributed by atoms with van der Waals surface area (Å²) in [5.41, 5.74) is 1.28. The van der Waals surface area contributed by atoms with Gasteiger partial charge in [-0.3, -0.25) is 4.79 Å². The van der Waals surface area contributed by atoms with Crippen molar-refractivity contribution in [3.63, 3.8) is 0 Å². The monoisotopic (exact) mass is 400 g/mol. The van der Waals surface area contributed by atoms with E-state index in [1.54, 1.807) is 55.7 Å². The number of halogens is 1. The van der Waals surface area contributed by atoms with Crippen LogP contribution in [-0.4, -0.2) is 25.2 Å². The predicted molar refractivity (Wildman–Crippen MR) is 109 cm³/mol. The minimum Gasteiger partial charge on any atom is -0.493 e. The van der Waals surface area contributed by atoms with Crippen LogP contribution in [0.3, 0.4) is 0 Å². The van der Waals surface area contributed by atoms with Crippen molar-refractivity contribution in [1.82, 2.24) is 5.32 Å². The number of anilines is 1. The Hall–Kier alpha value is -2.99. The van der Waals surface area contributed by atoms with Gasteiger partial charge in [0, 0.05) is 5.02 Å². The van der Waals surface area contributed by atoms with E-state index in [-0.39, 0.29) is 11.8 Å². The Morgan fingerprint density at radius 3 is 2.64 bits per heavy atom. The molecule has 0 radical (unpaired) electrons. The SMILES string of the molecule is CC[C@H](C)Oc1ccc(/C=C2/NC(=O)N(c3cccc(Cl)c3)C2=O)cc1OC. The topological polar surface area (TPSA) is 67.9 Å². The molecule has 0 bridgehead atoms. The van der Waals surface area contributed by atoms with E-state index in [0.717, 1.165) is 11.3 Å². The van der Waals surface area contributed by atoms with Crippen LogP contribution in [-0.2, 0) is 4.79 Å². The van der Waals surface area contributed by atoms with Crippen LogP contribution in [0.15, 0.2) is 48.2 Å². The minimum absolute atomic E-state index is 0.0556. The molecule has 28 heavy (non-hydrogen) atoms. The predicted octanol–water partition coefficient (Wildman–Crippen LogP) is 4.62. The van der Waals surface area contributed by atoms with Crippen LogP contribution < -0.4 is 19.7 Å². The number of nitrogens with zero attached hydrogens (tertiary/aromatic N) is 1. The van der Waals surface area contributed by atoms with E-state index in [1.807, 2.05) is 13.8 Å². The molecule has 0 unspecified atom stereocenters. The molecule has 1 N–H and O–H groups in total. The van der Waals surface area contributed by atoms with E-state index in [1.165, 1.54) is 0 Å². The molecular weight excluding hydrogens is 380 g/mol. The molecule has 146 valence electrons. The largest absolute Gasteiger partial charge is 0.493 e. The maximum Gasteiger partial charge on any atom is 0.333 e. The van der Waals surface area contributed by atoms with Crippen LogP contribution in [0, 0.1) is 0 Å². The van der Waals surface area contributed by atoms with Gasteiger partial charge in [-0.2, -0.15) is 0 Å². The van der Waals surface area contributed by atoms with E-state index in [9.17, 15) is 9.59 Å². The van der Waals surface area contributed by atoms with Crippen molar-refractivity contribution in [2.24, 2.45) is 0 Å². The summed E-state index contributed by atoms with van der Waals surface area (Å²) in [4.78, 5) is 26.1. The quantitative estimate of drug-likeness (QED) is 0.567. The summed E-state index contributed by atoms with van der Waals surface area (Å²) in [6.07, 6.45) is 2.52. The standard InChI is InChI=1S/C21H21ClN2O4/c1-4-13(2)28-18-9-8-14(11-19(18)27-3)10-17-20(25)24(21(26)23-17)16-7-5-6-15(22)12-16/h5-13H,4H2,1-3H3,(H,23,26)/b17-10+/t13-/m0/s1. The van der Waals surface area contributed by atoms with Crippen molar-refractivity contribution in [3.05, 3.63) is 58.7 Å². The Balaban J connectivity index is 1.87. The molecule has 2 aromatic carbocycles. The maximum atomic E-state index is 12.7. The number of urea groups is 1. The second-order valence-electron chi connectivity index (χ2n) is 6.36. The minimum atomic E-state index is -0.526. The molecule has 2 aromatic rings. The van der Waals surface area contributed by atoms with Gasteiger partial charge in [0.1, 0.15) is 5.70 Å².